The Balaban J connectivity index is 2.37. The second kappa shape index (κ2) is 5.51. The number of hydrogen-bond acceptors (Lipinski definition) is 2. The molecule has 0 aliphatic carbocycles. The van der Waals surface area contributed by atoms with Crippen molar-refractivity contribution in [3.63, 3.8) is 0 Å². The maximum atomic E-state index is 13.0. The standard InChI is InChI=1S/C15H13ClFNO2/c1-15(14(19)20,10-2-6-12(17)7-3-10)18-13-8-4-11(16)5-9-13/h2-9,18H,1H3,(H,19,20). The molecule has 0 bridgehead atoms. The summed E-state index contributed by atoms with van der Waals surface area (Å²) in [7, 11) is 0. The number of rotatable bonds is 4. The number of anilines is 1. The minimum absolute atomic E-state index is 0.409. The first-order chi connectivity index (χ1) is 9.41. The van der Waals surface area contributed by atoms with Crippen LogP contribution in [0.25, 0.3) is 0 Å². The van der Waals surface area contributed by atoms with Crippen molar-refractivity contribution < 1.29 is 14.3 Å². The third-order valence-electron chi connectivity index (χ3n) is 3.09. The summed E-state index contributed by atoms with van der Waals surface area (Å²) < 4.78 is 13.0. The van der Waals surface area contributed by atoms with E-state index < -0.39 is 17.3 Å². The van der Waals surface area contributed by atoms with Crippen LogP contribution in [0, 0.1) is 5.82 Å². The van der Waals surface area contributed by atoms with Gasteiger partial charge in [-0.05, 0) is 48.9 Å². The Morgan fingerprint density at radius 1 is 1.15 bits per heavy atom. The molecule has 104 valence electrons. The number of carboxylic acids is 1. The molecule has 0 radical (unpaired) electrons. The molecule has 20 heavy (non-hydrogen) atoms. The van der Waals surface area contributed by atoms with Crippen LogP contribution in [-0.2, 0) is 10.3 Å². The van der Waals surface area contributed by atoms with E-state index in [1.165, 1.54) is 31.2 Å². The summed E-state index contributed by atoms with van der Waals surface area (Å²) in [5.74, 6) is -1.47. The van der Waals surface area contributed by atoms with Gasteiger partial charge < -0.3 is 10.4 Å². The number of aliphatic carboxylic acids is 1. The fourth-order valence-electron chi connectivity index (χ4n) is 1.85. The Labute approximate surface area is 121 Å². The van der Waals surface area contributed by atoms with Gasteiger partial charge in [-0.25, -0.2) is 9.18 Å². The summed E-state index contributed by atoms with van der Waals surface area (Å²) in [6.45, 7) is 1.52. The zero-order valence-corrected chi connectivity index (χ0v) is 11.5. The molecule has 0 saturated carbocycles. The van der Waals surface area contributed by atoms with Gasteiger partial charge in [-0.15, -0.1) is 0 Å². The molecule has 3 nitrogen and oxygen atoms in total. The largest absolute Gasteiger partial charge is 0.479 e. The van der Waals surface area contributed by atoms with E-state index in [4.69, 9.17) is 11.6 Å². The molecule has 0 fully saturated rings. The molecule has 2 N–H and O–H groups in total. The predicted molar refractivity (Wildman–Crippen MR) is 76.5 cm³/mol. The molecular formula is C15H13ClFNO2. The summed E-state index contributed by atoms with van der Waals surface area (Å²) in [6, 6.07) is 12.1. The van der Waals surface area contributed by atoms with E-state index >= 15 is 0 Å². The van der Waals surface area contributed by atoms with Gasteiger partial charge in [0.1, 0.15) is 5.82 Å². The summed E-state index contributed by atoms with van der Waals surface area (Å²) >= 11 is 5.79. The van der Waals surface area contributed by atoms with Crippen LogP contribution in [0.3, 0.4) is 0 Å². The Bertz CT molecular complexity index is 613. The van der Waals surface area contributed by atoms with Crippen LogP contribution in [0.5, 0.6) is 0 Å². The normalized spacial score (nSPS) is 13.6. The molecule has 0 saturated heterocycles. The van der Waals surface area contributed by atoms with Crippen molar-refractivity contribution in [2.24, 2.45) is 0 Å². The Kier molecular flexibility index (Phi) is 3.95. The molecular weight excluding hydrogens is 281 g/mol. The average molecular weight is 294 g/mol. The Morgan fingerprint density at radius 3 is 2.20 bits per heavy atom. The van der Waals surface area contributed by atoms with Crippen LogP contribution in [0.2, 0.25) is 5.02 Å². The van der Waals surface area contributed by atoms with Gasteiger partial charge in [-0.3, -0.25) is 0 Å². The van der Waals surface area contributed by atoms with E-state index in [1.807, 2.05) is 0 Å². The SMILES string of the molecule is CC(Nc1ccc(Cl)cc1)(C(=O)O)c1ccc(F)cc1. The molecule has 1 atom stereocenters. The van der Waals surface area contributed by atoms with E-state index in [9.17, 15) is 14.3 Å². The van der Waals surface area contributed by atoms with Gasteiger partial charge in [0, 0.05) is 10.7 Å². The van der Waals surface area contributed by atoms with Crippen molar-refractivity contribution in [2.75, 3.05) is 5.32 Å². The average Bonchev–Trinajstić information content (AvgIpc) is 2.42. The van der Waals surface area contributed by atoms with Crippen LogP contribution in [0.1, 0.15) is 12.5 Å². The maximum absolute atomic E-state index is 13.0. The molecule has 2 aromatic carbocycles. The number of halogens is 2. The highest BCUT2D eigenvalue weighted by Gasteiger charge is 2.35. The van der Waals surface area contributed by atoms with Crippen molar-refractivity contribution in [3.05, 3.63) is 64.9 Å². The zero-order valence-electron chi connectivity index (χ0n) is 10.7. The second-order valence-corrected chi connectivity index (χ2v) is 5.01. The summed E-state index contributed by atoms with van der Waals surface area (Å²) in [5.41, 5.74) is -0.286. The highest BCUT2D eigenvalue weighted by molar-refractivity contribution is 6.30. The fourth-order valence-corrected chi connectivity index (χ4v) is 1.98. The molecule has 5 heteroatoms. The smallest absolute Gasteiger partial charge is 0.333 e. The zero-order chi connectivity index (χ0) is 14.8. The lowest BCUT2D eigenvalue weighted by molar-refractivity contribution is -0.142. The summed E-state index contributed by atoms with van der Waals surface area (Å²) in [5, 5.41) is 13.0. The van der Waals surface area contributed by atoms with Crippen molar-refractivity contribution in [1.29, 1.82) is 0 Å². The van der Waals surface area contributed by atoms with Gasteiger partial charge in [0.05, 0.1) is 0 Å². The van der Waals surface area contributed by atoms with Crippen LogP contribution in [0.15, 0.2) is 48.5 Å². The number of carboxylic acid groups (broad SMARTS) is 1. The minimum Gasteiger partial charge on any atom is -0.479 e. The van der Waals surface area contributed by atoms with E-state index in [-0.39, 0.29) is 0 Å². The molecule has 2 rings (SSSR count). The van der Waals surface area contributed by atoms with Gasteiger partial charge in [0.2, 0.25) is 0 Å². The highest BCUT2D eigenvalue weighted by Crippen LogP contribution is 2.27. The second-order valence-electron chi connectivity index (χ2n) is 4.57. The number of benzene rings is 2. The Morgan fingerprint density at radius 2 is 1.70 bits per heavy atom. The highest BCUT2D eigenvalue weighted by atomic mass is 35.5. The third kappa shape index (κ3) is 2.91. The van der Waals surface area contributed by atoms with E-state index in [0.717, 1.165) is 0 Å². The van der Waals surface area contributed by atoms with Crippen LogP contribution in [0.4, 0.5) is 10.1 Å². The molecule has 0 aromatic heterocycles. The van der Waals surface area contributed by atoms with Gasteiger partial charge in [0.25, 0.3) is 0 Å². The molecule has 0 aliphatic rings. The first kappa shape index (κ1) is 14.3. The number of carbonyl (C=O) groups is 1. The minimum atomic E-state index is -1.36. The number of hydrogen-bond donors (Lipinski definition) is 2. The maximum Gasteiger partial charge on any atom is 0.333 e. The molecule has 2 aromatic rings. The van der Waals surface area contributed by atoms with Crippen molar-refractivity contribution in [3.8, 4) is 0 Å². The predicted octanol–water partition coefficient (Wildman–Crippen LogP) is 3.89. The molecule has 0 spiro atoms. The monoisotopic (exact) mass is 293 g/mol. The molecule has 0 aliphatic heterocycles. The van der Waals surface area contributed by atoms with Crippen molar-refractivity contribution in [2.45, 2.75) is 12.5 Å². The van der Waals surface area contributed by atoms with Gasteiger partial charge >= 0.3 is 5.97 Å². The van der Waals surface area contributed by atoms with Gasteiger partial charge in [0.15, 0.2) is 5.54 Å². The molecule has 0 heterocycles. The van der Waals surface area contributed by atoms with Crippen LogP contribution >= 0.6 is 11.6 Å². The number of nitrogens with one attached hydrogen (secondary N) is 1. The summed E-state index contributed by atoms with van der Waals surface area (Å²) in [6.07, 6.45) is 0. The first-order valence-corrected chi connectivity index (χ1v) is 6.33. The first-order valence-electron chi connectivity index (χ1n) is 5.95. The summed E-state index contributed by atoms with van der Waals surface area (Å²) in [4.78, 5) is 11.6. The van der Waals surface area contributed by atoms with Crippen LogP contribution in [-0.4, -0.2) is 11.1 Å². The van der Waals surface area contributed by atoms with Crippen LogP contribution < -0.4 is 5.32 Å². The molecule has 0 amide bonds. The fraction of sp³-hybridized carbons (Fsp3) is 0.133. The lowest BCUT2D eigenvalue weighted by Crippen LogP contribution is -2.40. The van der Waals surface area contributed by atoms with Gasteiger partial charge in [-0.1, -0.05) is 23.7 Å². The van der Waals surface area contributed by atoms with Crippen molar-refractivity contribution >= 4 is 23.3 Å². The van der Waals surface area contributed by atoms with E-state index in [2.05, 4.69) is 5.32 Å². The van der Waals surface area contributed by atoms with E-state index in [0.29, 0.717) is 16.3 Å². The van der Waals surface area contributed by atoms with E-state index in [1.54, 1.807) is 24.3 Å². The lowest BCUT2D eigenvalue weighted by Gasteiger charge is -2.28. The Hall–Kier alpha value is -2.07. The topological polar surface area (TPSA) is 49.3 Å². The molecule has 1 unspecified atom stereocenters. The van der Waals surface area contributed by atoms with Gasteiger partial charge in [-0.2, -0.15) is 0 Å². The lowest BCUT2D eigenvalue weighted by atomic mass is 9.91. The third-order valence-corrected chi connectivity index (χ3v) is 3.34. The van der Waals surface area contributed by atoms with Crippen molar-refractivity contribution in [1.82, 2.24) is 0 Å². The quantitative estimate of drug-likeness (QED) is 0.899.